The van der Waals surface area contributed by atoms with Crippen LogP contribution in [0, 0.1) is 0 Å². The molecule has 0 spiro atoms. The quantitative estimate of drug-likeness (QED) is 0.779. The standard InChI is InChI=1S/C14H19N3O2/c1-14(2)9-17(13(18)16(3)10-6-7-10)12-11(19-14)5-4-8-15-12/h4-5,8,10H,6-7,9H2,1-3H3. The predicted molar refractivity (Wildman–Crippen MR) is 72.5 cm³/mol. The molecule has 2 amide bonds. The van der Waals surface area contributed by atoms with Crippen molar-refractivity contribution in [1.29, 1.82) is 0 Å². The number of ether oxygens (including phenoxy) is 1. The van der Waals surface area contributed by atoms with Crippen LogP contribution in [-0.2, 0) is 0 Å². The maximum Gasteiger partial charge on any atom is 0.325 e. The molecule has 5 nitrogen and oxygen atoms in total. The van der Waals surface area contributed by atoms with Crippen LogP contribution in [0.25, 0.3) is 0 Å². The van der Waals surface area contributed by atoms with E-state index in [0.717, 1.165) is 12.8 Å². The van der Waals surface area contributed by atoms with Crippen molar-refractivity contribution in [2.45, 2.75) is 38.3 Å². The lowest BCUT2D eigenvalue weighted by Gasteiger charge is -2.40. The molecule has 0 radical (unpaired) electrons. The van der Waals surface area contributed by atoms with Crippen LogP contribution in [0.15, 0.2) is 18.3 Å². The summed E-state index contributed by atoms with van der Waals surface area (Å²) < 4.78 is 5.88. The van der Waals surface area contributed by atoms with Gasteiger partial charge in [0, 0.05) is 19.3 Å². The average molecular weight is 261 g/mol. The molecule has 3 rings (SSSR count). The number of carbonyl (C=O) groups excluding carboxylic acids is 1. The molecule has 0 aromatic carbocycles. The van der Waals surface area contributed by atoms with Crippen molar-refractivity contribution >= 4 is 11.8 Å². The third kappa shape index (κ3) is 2.25. The van der Waals surface area contributed by atoms with E-state index in [0.29, 0.717) is 24.2 Å². The van der Waals surface area contributed by atoms with Crippen molar-refractivity contribution in [3.8, 4) is 5.75 Å². The molecular weight excluding hydrogens is 242 g/mol. The zero-order valence-electron chi connectivity index (χ0n) is 11.6. The van der Waals surface area contributed by atoms with E-state index >= 15 is 0 Å². The molecule has 5 heteroatoms. The maximum absolute atomic E-state index is 12.6. The molecule has 1 aliphatic heterocycles. The number of carbonyl (C=O) groups is 1. The molecule has 0 bridgehead atoms. The molecular formula is C14H19N3O2. The second-order valence-corrected chi connectivity index (χ2v) is 5.90. The SMILES string of the molecule is CN(C(=O)N1CC(C)(C)Oc2cccnc21)C1CC1. The third-order valence-electron chi connectivity index (χ3n) is 3.56. The minimum absolute atomic E-state index is 0.0128. The predicted octanol–water partition coefficient (Wildman–Crippen LogP) is 2.27. The summed E-state index contributed by atoms with van der Waals surface area (Å²) in [6.45, 7) is 4.49. The summed E-state index contributed by atoms with van der Waals surface area (Å²) in [6.07, 6.45) is 3.90. The summed E-state index contributed by atoms with van der Waals surface area (Å²) in [4.78, 5) is 20.4. The molecule has 19 heavy (non-hydrogen) atoms. The van der Waals surface area contributed by atoms with Gasteiger partial charge in [-0.15, -0.1) is 0 Å². The molecule has 0 unspecified atom stereocenters. The van der Waals surface area contributed by atoms with E-state index in [4.69, 9.17) is 4.74 Å². The molecule has 1 saturated carbocycles. The molecule has 1 aliphatic carbocycles. The van der Waals surface area contributed by atoms with Gasteiger partial charge in [-0.25, -0.2) is 9.78 Å². The second kappa shape index (κ2) is 4.11. The van der Waals surface area contributed by atoms with E-state index in [1.807, 2.05) is 37.9 Å². The van der Waals surface area contributed by atoms with Gasteiger partial charge in [0.2, 0.25) is 0 Å². The Hall–Kier alpha value is -1.78. The number of rotatable bonds is 1. The Morgan fingerprint density at radius 2 is 2.26 bits per heavy atom. The van der Waals surface area contributed by atoms with Crippen LogP contribution in [0.4, 0.5) is 10.6 Å². The van der Waals surface area contributed by atoms with Crippen molar-refractivity contribution in [2.24, 2.45) is 0 Å². The number of amides is 2. The smallest absolute Gasteiger partial charge is 0.325 e. The Balaban J connectivity index is 1.93. The van der Waals surface area contributed by atoms with Gasteiger partial charge in [-0.2, -0.15) is 0 Å². The topological polar surface area (TPSA) is 45.7 Å². The van der Waals surface area contributed by atoms with Gasteiger partial charge in [0.1, 0.15) is 5.60 Å². The molecule has 0 atom stereocenters. The van der Waals surface area contributed by atoms with Gasteiger partial charge in [-0.1, -0.05) is 0 Å². The Labute approximate surface area is 113 Å². The molecule has 2 heterocycles. The first-order chi connectivity index (χ1) is 8.98. The number of nitrogens with zero attached hydrogens (tertiary/aromatic N) is 3. The lowest BCUT2D eigenvalue weighted by atomic mass is 10.1. The Morgan fingerprint density at radius 1 is 1.53 bits per heavy atom. The zero-order valence-corrected chi connectivity index (χ0v) is 11.6. The number of hydrogen-bond donors (Lipinski definition) is 0. The number of aromatic nitrogens is 1. The molecule has 0 N–H and O–H groups in total. The number of hydrogen-bond acceptors (Lipinski definition) is 3. The molecule has 1 aromatic rings. The summed E-state index contributed by atoms with van der Waals surface area (Å²) in [5, 5.41) is 0. The average Bonchev–Trinajstić information content (AvgIpc) is 3.19. The highest BCUT2D eigenvalue weighted by molar-refractivity contribution is 5.93. The van der Waals surface area contributed by atoms with E-state index in [-0.39, 0.29) is 6.03 Å². The molecule has 0 saturated heterocycles. The van der Waals surface area contributed by atoms with Crippen LogP contribution in [0.2, 0.25) is 0 Å². The summed E-state index contributed by atoms with van der Waals surface area (Å²) in [7, 11) is 1.87. The molecule has 2 aliphatic rings. The monoisotopic (exact) mass is 261 g/mol. The summed E-state index contributed by atoms with van der Waals surface area (Å²) in [6, 6.07) is 4.10. The number of pyridine rings is 1. The van der Waals surface area contributed by atoms with E-state index in [9.17, 15) is 4.79 Å². The lowest BCUT2D eigenvalue weighted by Crippen LogP contribution is -2.53. The third-order valence-corrected chi connectivity index (χ3v) is 3.56. The van der Waals surface area contributed by atoms with E-state index in [1.54, 1.807) is 11.1 Å². The Kier molecular flexibility index (Phi) is 2.66. The van der Waals surface area contributed by atoms with Crippen molar-refractivity contribution in [3.63, 3.8) is 0 Å². The first-order valence-electron chi connectivity index (χ1n) is 6.66. The fourth-order valence-corrected chi connectivity index (χ4v) is 2.42. The highest BCUT2D eigenvalue weighted by Gasteiger charge is 2.39. The van der Waals surface area contributed by atoms with Crippen LogP contribution < -0.4 is 9.64 Å². The summed E-state index contributed by atoms with van der Waals surface area (Å²) in [5.41, 5.74) is -0.393. The highest BCUT2D eigenvalue weighted by Crippen LogP contribution is 2.36. The van der Waals surface area contributed by atoms with Crippen LogP contribution in [0.5, 0.6) is 5.75 Å². The van der Waals surface area contributed by atoms with Crippen LogP contribution >= 0.6 is 0 Å². The van der Waals surface area contributed by atoms with E-state index < -0.39 is 5.60 Å². The first-order valence-corrected chi connectivity index (χ1v) is 6.66. The van der Waals surface area contributed by atoms with Crippen molar-refractivity contribution < 1.29 is 9.53 Å². The lowest BCUT2D eigenvalue weighted by molar-refractivity contribution is 0.103. The number of fused-ring (bicyclic) bond motifs is 1. The van der Waals surface area contributed by atoms with Gasteiger partial charge >= 0.3 is 6.03 Å². The van der Waals surface area contributed by atoms with Crippen LogP contribution in [-0.4, -0.2) is 41.2 Å². The van der Waals surface area contributed by atoms with Crippen molar-refractivity contribution in [1.82, 2.24) is 9.88 Å². The summed E-state index contributed by atoms with van der Waals surface area (Å²) in [5.74, 6) is 1.30. The number of urea groups is 1. The van der Waals surface area contributed by atoms with Gasteiger partial charge in [0.05, 0.1) is 6.54 Å². The maximum atomic E-state index is 12.6. The van der Waals surface area contributed by atoms with Crippen LogP contribution in [0.3, 0.4) is 0 Å². The molecule has 1 aromatic heterocycles. The van der Waals surface area contributed by atoms with Gasteiger partial charge in [0.15, 0.2) is 11.6 Å². The fraction of sp³-hybridized carbons (Fsp3) is 0.571. The second-order valence-electron chi connectivity index (χ2n) is 5.90. The number of anilines is 1. The van der Waals surface area contributed by atoms with E-state index in [2.05, 4.69) is 4.98 Å². The highest BCUT2D eigenvalue weighted by atomic mass is 16.5. The summed E-state index contributed by atoms with van der Waals surface area (Å²) >= 11 is 0. The van der Waals surface area contributed by atoms with Crippen LogP contribution in [0.1, 0.15) is 26.7 Å². The molecule has 102 valence electrons. The van der Waals surface area contributed by atoms with Gasteiger partial charge in [0.25, 0.3) is 0 Å². The van der Waals surface area contributed by atoms with E-state index in [1.165, 1.54) is 0 Å². The van der Waals surface area contributed by atoms with Gasteiger partial charge < -0.3 is 9.64 Å². The minimum Gasteiger partial charge on any atom is -0.482 e. The normalized spacial score (nSPS) is 20.5. The van der Waals surface area contributed by atoms with Gasteiger partial charge in [-0.05, 0) is 38.8 Å². The fourth-order valence-electron chi connectivity index (χ4n) is 2.42. The first kappa shape index (κ1) is 12.3. The minimum atomic E-state index is -0.393. The Bertz CT molecular complexity index is 511. The zero-order chi connectivity index (χ0) is 13.6. The Morgan fingerprint density at radius 3 is 2.95 bits per heavy atom. The largest absolute Gasteiger partial charge is 0.482 e. The van der Waals surface area contributed by atoms with Crippen molar-refractivity contribution in [3.05, 3.63) is 18.3 Å². The van der Waals surface area contributed by atoms with Crippen molar-refractivity contribution in [2.75, 3.05) is 18.5 Å². The van der Waals surface area contributed by atoms with Gasteiger partial charge in [-0.3, -0.25) is 4.90 Å². The molecule has 1 fully saturated rings.